The van der Waals surface area contributed by atoms with Crippen LogP contribution in [-0.2, 0) is 6.42 Å². The van der Waals surface area contributed by atoms with Gasteiger partial charge in [-0.25, -0.2) is 0 Å². The number of thiophene rings is 1. The van der Waals surface area contributed by atoms with E-state index >= 15 is 0 Å². The van der Waals surface area contributed by atoms with E-state index < -0.39 is 0 Å². The largest absolute Gasteiger partial charge is 0.327 e. The van der Waals surface area contributed by atoms with Crippen LogP contribution in [-0.4, -0.2) is 6.04 Å². The van der Waals surface area contributed by atoms with Crippen LogP contribution in [0.1, 0.15) is 32.3 Å². The molecule has 0 bridgehead atoms. The first-order chi connectivity index (χ1) is 8.22. The molecule has 0 spiro atoms. The predicted molar refractivity (Wildman–Crippen MR) is 77.6 cm³/mol. The van der Waals surface area contributed by atoms with Crippen molar-refractivity contribution >= 4 is 21.4 Å². The number of nitrogens with two attached hydrogens (primary N) is 1. The van der Waals surface area contributed by atoms with E-state index in [2.05, 4.69) is 43.5 Å². The standard InChI is InChI=1S/C15H21NS/c1-3-6-11(2)14(16)9-12-10-17-15-8-5-4-7-13(12)15/h4-5,7-8,10-11,14H,3,6,9,16H2,1-2H3. The van der Waals surface area contributed by atoms with E-state index in [0.29, 0.717) is 5.92 Å². The van der Waals surface area contributed by atoms with Crippen molar-refractivity contribution in [3.05, 3.63) is 35.2 Å². The van der Waals surface area contributed by atoms with Crippen molar-refractivity contribution < 1.29 is 0 Å². The maximum Gasteiger partial charge on any atom is 0.0345 e. The van der Waals surface area contributed by atoms with Crippen LogP contribution in [0.5, 0.6) is 0 Å². The molecular formula is C15H21NS. The van der Waals surface area contributed by atoms with Crippen molar-refractivity contribution in [1.29, 1.82) is 0 Å². The van der Waals surface area contributed by atoms with Gasteiger partial charge in [0.25, 0.3) is 0 Å². The highest BCUT2D eigenvalue weighted by atomic mass is 32.1. The Balaban J connectivity index is 2.13. The fraction of sp³-hybridized carbons (Fsp3) is 0.467. The summed E-state index contributed by atoms with van der Waals surface area (Å²) in [4.78, 5) is 0. The van der Waals surface area contributed by atoms with Crippen LogP contribution in [0.15, 0.2) is 29.6 Å². The van der Waals surface area contributed by atoms with Gasteiger partial charge in [0, 0.05) is 10.7 Å². The smallest absolute Gasteiger partial charge is 0.0345 e. The summed E-state index contributed by atoms with van der Waals surface area (Å²) in [7, 11) is 0. The molecule has 0 aliphatic rings. The van der Waals surface area contributed by atoms with Crippen LogP contribution < -0.4 is 5.73 Å². The molecule has 2 rings (SSSR count). The van der Waals surface area contributed by atoms with E-state index in [9.17, 15) is 0 Å². The molecule has 1 aromatic carbocycles. The van der Waals surface area contributed by atoms with Gasteiger partial charge in [0.1, 0.15) is 0 Å². The second kappa shape index (κ2) is 5.65. The lowest BCUT2D eigenvalue weighted by atomic mass is 9.92. The third-order valence-electron chi connectivity index (χ3n) is 3.49. The topological polar surface area (TPSA) is 26.0 Å². The van der Waals surface area contributed by atoms with Crippen LogP contribution in [0.2, 0.25) is 0 Å². The number of fused-ring (bicyclic) bond motifs is 1. The van der Waals surface area contributed by atoms with Gasteiger partial charge in [0.15, 0.2) is 0 Å². The van der Waals surface area contributed by atoms with Gasteiger partial charge in [-0.3, -0.25) is 0 Å². The molecule has 17 heavy (non-hydrogen) atoms. The predicted octanol–water partition coefficient (Wildman–Crippen LogP) is 4.21. The lowest BCUT2D eigenvalue weighted by molar-refractivity contribution is 0.421. The molecule has 2 heteroatoms. The zero-order valence-corrected chi connectivity index (χ0v) is 11.5. The Morgan fingerprint density at radius 1 is 1.29 bits per heavy atom. The summed E-state index contributed by atoms with van der Waals surface area (Å²) in [5.74, 6) is 0.610. The second-order valence-electron chi connectivity index (χ2n) is 4.89. The van der Waals surface area contributed by atoms with Crippen molar-refractivity contribution in [2.75, 3.05) is 0 Å². The molecule has 1 nitrogen and oxygen atoms in total. The molecule has 0 radical (unpaired) electrons. The van der Waals surface area contributed by atoms with Crippen LogP contribution >= 0.6 is 11.3 Å². The molecule has 0 fully saturated rings. The average Bonchev–Trinajstić information content (AvgIpc) is 2.73. The summed E-state index contributed by atoms with van der Waals surface area (Å²) in [6.45, 7) is 4.49. The molecule has 2 atom stereocenters. The molecule has 0 aliphatic heterocycles. The van der Waals surface area contributed by atoms with Gasteiger partial charge in [-0.05, 0) is 41.2 Å². The average molecular weight is 247 g/mol. The van der Waals surface area contributed by atoms with Gasteiger partial charge in [0.2, 0.25) is 0 Å². The Kier molecular flexibility index (Phi) is 4.19. The van der Waals surface area contributed by atoms with E-state index in [0.717, 1.165) is 6.42 Å². The van der Waals surface area contributed by atoms with Crippen LogP contribution in [0.3, 0.4) is 0 Å². The molecular weight excluding hydrogens is 226 g/mol. The third-order valence-corrected chi connectivity index (χ3v) is 4.50. The Bertz CT molecular complexity index is 474. The van der Waals surface area contributed by atoms with Crippen LogP contribution in [0, 0.1) is 5.92 Å². The summed E-state index contributed by atoms with van der Waals surface area (Å²) in [5.41, 5.74) is 7.71. The Morgan fingerprint density at radius 2 is 2.06 bits per heavy atom. The molecule has 0 amide bonds. The Labute approximate surface area is 108 Å². The van der Waals surface area contributed by atoms with Crippen molar-refractivity contribution in [2.24, 2.45) is 11.7 Å². The molecule has 1 aromatic heterocycles. The molecule has 2 unspecified atom stereocenters. The lowest BCUT2D eigenvalue weighted by Crippen LogP contribution is -2.30. The normalized spacial score (nSPS) is 15.0. The molecule has 0 aliphatic carbocycles. The second-order valence-corrected chi connectivity index (χ2v) is 5.80. The minimum Gasteiger partial charge on any atom is -0.327 e. The van der Waals surface area contributed by atoms with Gasteiger partial charge >= 0.3 is 0 Å². The van der Waals surface area contributed by atoms with Gasteiger partial charge in [-0.2, -0.15) is 0 Å². The summed E-state index contributed by atoms with van der Waals surface area (Å²) >= 11 is 1.83. The summed E-state index contributed by atoms with van der Waals surface area (Å²) in [6.07, 6.45) is 3.45. The van der Waals surface area contributed by atoms with E-state index in [4.69, 9.17) is 5.73 Å². The summed E-state index contributed by atoms with van der Waals surface area (Å²) in [5, 5.41) is 3.65. The van der Waals surface area contributed by atoms with Crippen molar-refractivity contribution in [2.45, 2.75) is 39.2 Å². The zero-order valence-electron chi connectivity index (χ0n) is 10.6. The monoisotopic (exact) mass is 247 g/mol. The molecule has 1 heterocycles. The molecule has 0 saturated heterocycles. The lowest BCUT2D eigenvalue weighted by Gasteiger charge is -2.18. The SMILES string of the molecule is CCCC(C)C(N)Cc1csc2ccccc12. The summed E-state index contributed by atoms with van der Waals surface area (Å²) < 4.78 is 1.37. The van der Waals surface area contributed by atoms with E-state index in [1.807, 2.05) is 11.3 Å². The fourth-order valence-electron chi connectivity index (χ4n) is 2.32. The van der Waals surface area contributed by atoms with E-state index in [1.165, 1.54) is 28.5 Å². The van der Waals surface area contributed by atoms with Crippen LogP contribution in [0.25, 0.3) is 10.1 Å². The highest BCUT2D eigenvalue weighted by Gasteiger charge is 2.14. The highest BCUT2D eigenvalue weighted by Crippen LogP contribution is 2.27. The van der Waals surface area contributed by atoms with Crippen molar-refractivity contribution in [3.63, 3.8) is 0 Å². The minimum atomic E-state index is 0.285. The third kappa shape index (κ3) is 2.88. The minimum absolute atomic E-state index is 0.285. The first-order valence-corrected chi connectivity index (χ1v) is 7.31. The Morgan fingerprint density at radius 3 is 2.82 bits per heavy atom. The quantitative estimate of drug-likeness (QED) is 0.841. The zero-order chi connectivity index (χ0) is 12.3. The molecule has 0 saturated carbocycles. The first kappa shape index (κ1) is 12.6. The van der Waals surface area contributed by atoms with Crippen LogP contribution in [0.4, 0.5) is 0 Å². The summed E-state index contributed by atoms with van der Waals surface area (Å²) in [6, 6.07) is 8.89. The maximum absolute atomic E-state index is 6.29. The van der Waals surface area contributed by atoms with Gasteiger partial charge in [-0.1, -0.05) is 38.5 Å². The number of benzene rings is 1. The van der Waals surface area contributed by atoms with Crippen molar-refractivity contribution in [1.82, 2.24) is 0 Å². The molecule has 2 aromatic rings. The maximum atomic E-state index is 6.29. The Hall–Kier alpha value is -0.860. The van der Waals surface area contributed by atoms with Gasteiger partial charge < -0.3 is 5.73 Å². The molecule has 92 valence electrons. The van der Waals surface area contributed by atoms with E-state index in [-0.39, 0.29) is 6.04 Å². The number of hydrogen-bond donors (Lipinski definition) is 1. The fourth-order valence-corrected chi connectivity index (χ4v) is 3.29. The van der Waals surface area contributed by atoms with E-state index in [1.54, 1.807) is 0 Å². The molecule has 2 N–H and O–H groups in total. The number of hydrogen-bond acceptors (Lipinski definition) is 2. The number of rotatable bonds is 5. The van der Waals surface area contributed by atoms with Crippen molar-refractivity contribution in [3.8, 4) is 0 Å². The van der Waals surface area contributed by atoms with Gasteiger partial charge in [0.05, 0.1) is 0 Å². The van der Waals surface area contributed by atoms with Gasteiger partial charge in [-0.15, -0.1) is 11.3 Å². The first-order valence-electron chi connectivity index (χ1n) is 6.43. The highest BCUT2D eigenvalue weighted by molar-refractivity contribution is 7.17.